The maximum absolute atomic E-state index is 12.2. The number of ether oxygens (including phenoxy) is 3. The Balaban J connectivity index is 1.26. The van der Waals surface area contributed by atoms with Gasteiger partial charge in [0.2, 0.25) is 0 Å². The third-order valence-corrected chi connectivity index (χ3v) is 8.59. The predicted octanol–water partition coefficient (Wildman–Crippen LogP) is 11.9. The lowest BCUT2D eigenvalue weighted by atomic mass is 10.0. The lowest BCUT2D eigenvalue weighted by molar-refractivity contribution is 0.0447. The molecule has 0 N–H and O–H groups in total. The lowest BCUT2D eigenvalue weighted by Gasteiger charge is -2.11. The molecule has 0 aromatic heterocycles. The van der Waals surface area contributed by atoms with Gasteiger partial charge in [0.25, 0.3) is 0 Å². The number of fused-ring (bicyclic) bond motifs is 1. The SMILES string of the molecule is CCCCCCCCCCCCCCCCCOc1ccc2cc(OCc3ccc(C(=O)OC[C@H](C)CC)cc3)ccc2c1. The molecule has 4 heteroatoms. The third-order valence-electron chi connectivity index (χ3n) is 8.59. The zero-order valence-electron chi connectivity index (χ0n) is 27.9. The van der Waals surface area contributed by atoms with Crippen molar-refractivity contribution in [2.45, 2.75) is 130 Å². The smallest absolute Gasteiger partial charge is 0.338 e. The van der Waals surface area contributed by atoms with Crippen molar-refractivity contribution in [3.8, 4) is 11.5 Å². The largest absolute Gasteiger partial charge is 0.494 e. The maximum atomic E-state index is 12.2. The minimum absolute atomic E-state index is 0.273. The number of hydrogen-bond acceptors (Lipinski definition) is 4. The molecule has 0 unspecified atom stereocenters. The molecule has 0 aliphatic heterocycles. The molecule has 1 atom stereocenters. The van der Waals surface area contributed by atoms with E-state index in [0.717, 1.165) is 47.3 Å². The molecule has 0 saturated carbocycles. The Morgan fingerprint density at radius 2 is 1.11 bits per heavy atom. The van der Waals surface area contributed by atoms with E-state index in [1.54, 1.807) is 12.1 Å². The van der Waals surface area contributed by atoms with Crippen molar-refractivity contribution in [3.05, 3.63) is 71.8 Å². The number of benzene rings is 3. The Morgan fingerprint density at radius 1 is 0.614 bits per heavy atom. The number of carbonyl (C=O) groups excluding carboxylic acids is 1. The van der Waals surface area contributed by atoms with Gasteiger partial charge in [-0.15, -0.1) is 0 Å². The topological polar surface area (TPSA) is 44.8 Å². The molecule has 3 rings (SSSR count). The first-order valence-corrected chi connectivity index (χ1v) is 17.6. The van der Waals surface area contributed by atoms with Crippen molar-refractivity contribution >= 4 is 16.7 Å². The van der Waals surface area contributed by atoms with Gasteiger partial charge in [0.05, 0.1) is 18.8 Å². The molecule has 242 valence electrons. The van der Waals surface area contributed by atoms with Gasteiger partial charge in [-0.3, -0.25) is 0 Å². The third kappa shape index (κ3) is 14.2. The highest BCUT2D eigenvalue weighted by Gasteiger charge is 2.09. The average molecular weight is 603 g/mol. The van der Waals surface area contributed by atoms with Gasteiger partial charge >= 0.3 is 5.97 Å². The van der Waals surface area contributed by atoms with E-state index in [9.17, 15) is 4.79 Å². The van der Waals surface area contributed by atoms with Crippen molar-refractivity contribution in [1.29, 1.82) is 0 Å². The molecule has 3 aromatic carbocycles. The predicted molar refractivity (Wildman–Crippen MR) is 185 cm³/mol. The molecule has 0 aliphatic rings. The fourth-order valence-corrected chi connectivity index (χ4v) is 5.37. The zero-order valence-corrected chi connectivity index (χ0v) is 27.9. The molecule has 0 fully saturated rings. The van der Waals surface area contributed by atoms with Crippen LogP contribution in [-0.4, -0.2) is 19.2 Å². The summed E-state index contributed by atoms with van der Waals surface area (Å²) >= 11 is 0. The van der Waals surface area contributed by atoms with Crippen LogP contribution in [0.25, 0.3) is 10.8 Å². The Bertz CT molecular complexity index is 1190. The molecule has 0 bridgehead atoms. The summed E-state index contributed by atoms with van der Waals surface area (Å²) in [7, 11) is 0. The lowest BCUT2D eigenvalue weighted by Crippen LogP contribution is -2.11. The van der Waals surface area contributed by atoms with E-state index in [1.165, 1.54) is 89.9 Å². The molecule has 4 nitrogen and oxygen atoms in total. The molecule has 0 amide bonds. The summed E-state index contributed by atoms with van der Waals surface area (Å²) in [6.45, 7) is 8.13. The van der Waals surface area contributed by atoms with Crippen molar-refractivity contribution in [2.75, 3.05) is 13.2 Å². The van der Waals surface area contributed by atoms with Gasteiger partial charge in [0, 0.05) is 0 Å². The highest BCUT2D eigenvalue weighted by Crippen LogP contribution is 2.26. The van der Waals surface area contributed by atoms with Gasteiger partial charge in [0.15, 0.2) is 0 Å². The number of hydrogen-bond donors (Lipinski definition) is 0. The van der Waals surface area contributed by atoms with E-state index in [-0.39, 0.29) is 5.97 Å². The van der Waals surface area contributed by atoms with Crippen LogP contribution in [0.5, 0.6) is 11.5 Å². The second-order valence-electron chi connectivity index (χ2n) is 12.6. The second-order valence-corrected chi connectivity index (χ2v) is 12.6. The van der Waals surface area contributed by atoms with Crippen LogP contribution >= 0.6 is 0 Å². The summed E-state index contributed by atoms with van der Waals surface area (Å²) in [5.74, 6) is 1.85. The van der Waals surface area contributed by atoms with Crippen molar-refractivity contribution in [3.63, 3.8) is 0 Å². The first kappa shape index (κ1) is 35.5. The van der Waals surface area contributed by atoms with E-state index in [1.807, 2.05) is 18.2 Å². The fraction of sp³-hybridized carbons (Fsp3) is 0.575. The quantitative estimate of drug-likeness (QED) is 0.0755. The van der Waals surface area contributed by atoms with Gasteiger partial charge in [-0.2, -0.15) is 0 Å². The molecule has 44 heavy (non-hydrogen) atoms. The monoisotopic (exact) mass is 602 g/mol. The Kier molecular flexibility index (Phi) is 17.5. The van der Waals surface area contributed by atoms with Gasteiger partial charge in [0.1, 0.15) is 18.1 Å². The van der Waals surface area contributed by atoms with Crippen LogP contribution in [0.3, 0.4) is 0 Å². The summed E-state index contributed by atoms with van der Waals surface area (Å²) < 4.78 is 17.5. The average Bonchev–Trinajstić information content (AvgIpc) is 3.06. The Labute approximate surface area is 267 Å². The van der Waals surface area contributed by atoms with Crippen molar-refractivity contribution < 1.29 is 19.0 Å². The van der Waals surface area contributed by atoms with Crippen LogP contribution in [0.15, 0.2) is 60.7 Å². The Morgan fingerprint density at radius 3 is 1.64 bits per heavy atom. The second kappa shape index (κ2) is 21.7. The summed E-state index contributed by atoms with van der Waals surface area (Å²) in [5, 5.41) is 2.27. The van der Waals surface area contributed by atoms with Gasteiger partial charge in [-0.1, -0.05) is 141 Å². The van der Waals surface area contributed by atoms with Crippen molar-refractivity contribution in [2.24, 2.45) is 5.92 Å². The summed E-state index contributed by atoms with van der Waals surface area (Å²) in [6.07, 6.45) is 21.6. The number of unbranched alkanes of at least 4 members (excludes halogenated alkanes) is 14. The van der Waals surface area contributed by atoms with Crippen molar-refractivity contribution in [1.82, 2.24) is 0 Å². The number of rotatable bonds is 24. The van der Waals surface area contributed by atoms with Crippen LogP contribution in [0, 0.1) is 5.92 Å². The van der Waals surface area contributed by atoms with E-state index < -0.39 is 0 Å². The zero-order chi connectivity index (χ0) is 31.2. The van der Waals surface area contributed by atoms with Crippen LogP contribution in [0.4, 0.5) is 0 Å². The summed E-state index contributed by atoms with van der Waals surface area (Å²) in [4.78, 5) is 12.2. The molecular weight excluding hydrogens is 544 g/mol. The maximum Gasteiger partial charge on any atom is 0.338 e. The van der Waals surface area contributed by atoms with E-state index >= 15 is 0 Å². The minimum atomic E-state index is -0.273. The van der Waals surface area contributed by atoms with Crippen LogP contribution in [-0.2, 0) is 11.3 Å². The normalized spacial score (nSPS) is 11.9. The number of carbonyl (C=O) groups is 1. The summed E-state index contributed by atoms with van der Waals surface area (Å²) in [5.41, 5.74) is 1.58. The molecule has 0 heterocycles. The van der Waals surface area contributed by atoms with E-state index in [4.69, 9.17) is 14.2 Å². The van der Waals surface area contributed by atoms with Gasteiger partial charge < -0.3 is 14.2 Å². The first-order valence-electron chi connectivity index (χ1n) is 17.6. The van der Waals surface area contributed by atoms with Gasteiger partial charge in [-0.25, -0.2) is 4.79 Å². The summed E-state index contributed by atoms with van der Waals surface area (Å²) in [6, 6.07) is 19.9. The fourth-order valence-electron chi connectivity index (χ4n) is 5.37. The van der Waals surface area contributed by atoms with Gasteiger partial charge in [-0.05, 0) is 65.1 Å². The van der Waals surface area contributed by atoms with E-state index in [2.05, 4.69) is 51.1 Å². The minimum Gasteiger partial charge on any atom is -0.494 e. The molecule has 0 saturated heterocycles. The number of esters is 1. The molecular formula is C40H58O4. The standard InChI is InChI=1S/C40H58O4/c1-4-6-7-8-9-10-11-12-13-14-15-16-17-18-19-28-42-38-26-24-37-30-39(27-25-36(37)29-38)43-32-34-20-22-35(23-21-34)40(41)44-31-33(3)5-2/h20-27,29-30,33H,4-19,28,31-32H2,1-3H3/t33-/m1/s1. The molecule has 0 radical (unpaired) electrons. The van der Waals surface area contributed by atoms with Crippen LogP contribution in [0.2, 0.25) is 0 Å². The van der Waals surface area contributed by atoms with Crippen LogP contribution < -0.4 is 9.47 Å². The molecule has 3 aromatic rings. The first-order chi connectivity index (χ1) is 21.6. The molecule has 0 spiro atoms. The van der Waals surface area contributed by atoms with E-state index in [0.29, 0.717) is 24.7 Å². The Hall–Kier alpha value is -3.01. The van der Waals surface area contributed by atoms with Crippen LogP contribution in [0.1, 0.15) is 139 Å². The highest BCUT2D eigenvalue weighted by molar-refractivity contribution is 5.89. The highest BCUT2D eigenvalue weighted by atomic mass is 16.5. The molecule has 0 aliphatic carbocycles.